The number of nitrogens with one attached hydrogen (secondary N) is 1. The van der Waals surface area contributed by atoms with Gasteiger partial charge in [0.2, 0.25) is 5.91 Å². The van der Waals surface area contributed by atoms with Crippen LogP contribution in [0.1, 0.15) is 39.9 Å². The number of rotatable bonds is 4. The maximum Gasteiger partial charge on any atom is 0.251 e. The van der Waals surface area contributed by atoms with Gasteiger partial charge in [-0.15, -0.1) is 0 Å². The lowest BCUT2D eigenvalue weighted by Crippen LogP contribution is -2.24. The van der Waals surface area contributed by atoms with Gasteiger partial charge in [-0.3, -0.25) is 9.59 Å². The highest BCUT2D eigenvalue weighted by atomic mass is 16.2. The van der Waals surface area contributed by atoms with Gasteiger partial charge < -0.3 is 10.2 Å². The molecule has 0 bridgehead atoms. The fraction of sp³-hybridized carbons (Fsp3) is 0.300. The van der Waals surface area contributed by atoms with Crippen molar-refractivity contribution in [2.24, 2.45) is 0 Å². The van der Waals surface area contributed by atoms with Crippen molar-refractivity contribution in [2.75, 3.05) is 11.4 Å². The van der Waals surface area contributed by atoms with E-state index >= 15 is 0 Å². The smallest absolute Gasteiger partial charge is 0.251 e. The maximum absolute atomic E-state index is 12.3. The monoisotopic (exact) mass is 322 g/mol. The second-order valence-electron chi connectivity index (χ2n) is 6.32. The molecule has 1 heterocycles. The van der Waals surface area contributed by atoms with Crippen molar-refractivity contribution in [3.63, 3.8) is 0 Å². The fourth-order valence-electron chi connectivity index (χ4n) is 3.06. The van der Waals surface area contributed by atoms with Gasteiger partial charge in [-0.2, -0.15) is 0 Å². The van der Waals surface area contributed by atoms with Crippen molar-refractivity contribution < 1.29 is 9.59 Å². The molecule has 1 N–H and O–H groups in total. The molecule has 4 nitrogen and oxygen atoms in total. The van der Waals surface area contributed by atoms with Crippen LogP contribution >= 0.6 is 0 Å². The topological polar surface area (TPSA) is 49.4 Å². The van der Waals surface area contributed by atoms with Gasteiger partial charge in [0, 0.05) is 30.8 Å². The molecule has 1 aliphatic rings. The summed E-state index contributed by atoms with van der Waals surface area (Å²) < 4.78 is 0. The summed E-state index contributed by atoms with van der Waals surface area (Å²) in [7, 11) is 0. The van der Waals surface area contributed by atoms with E-state index in [1.807, 2.05) is 61.2 Å². The van der Waals surface area contributed by atoms with Gasteiger partial charge in [-0.05, 0) is 49.6 Å². The van der Waals surface area contributed by atoms with Gasteiger partial charge in [0.05, 0.1) is 0 Å². The molecule has 24 heavy (non-hydrogen) atoms. The van der Waals surface area contributed by atoms with Crippen LogP contribution in [-0.2, 0) is 11.3 Å². The molecule has 0 atom stereocenters. The lowest BCUT2D eigenvalue weighted by Gasteiger charge is -2.16. The van der Waals surface area contributed by atoms with Crippen LogP contribution in [0, 0.1) is 13.8 Å². The zero-order valence-electron chi connectivity index (χ0n) is 14.1. The Morgan fingerprint density at radius 2 is 1.88 bits per heavy atom. The summed E-state index contributed by atoms with van der Waals surface area (Å²) in [6.45, 7) is 5.23. The van der Waals surface area contributed by atoms with E-state index in [0.717, 1.165) is 35.3 Å². The summed E-state index contributed by atoms with van der Waals surface area (Å²) in [6, 6.07) is 13.6. The predicted molar refractivity (Wildman–Crippen MR) is 95.1 cm³/mol. The zero-order chi connectivity index (χ0) is 17.1. The molecule has 3 rings (SSSR count). The number of hydrogen-bond donors (Lipinski definition) is 1. The number of aryl methyl sites for hydroxylation is 2. The Labute approximate surface area is 142 Å². The average molecular weight is 322 g/mol. The Hall–Kier alpha value is -2.62. The molecule has 2 aromatic rings. The van der Waals surface area contributed by atoms with Crippen LogP contribution in [0.4, 0.5) is 5.69 Å². The van der Waals surface area contributed by atoms with E-state index in [-0.39, 0.29) is 11.8 Å². The lowest BCUT2D eigenvalue weighted by molar-refractivity contribution is -0.117. The number of benzene rings is 2. The Morgan fingerprint density at radius 1 is 1.12 bits per heavy atom. The van der Waals surface area contributed by atoms with Gasteiger partial charge in [0.1, 0.15) is 0 Å². The first kappa shape index (κ1) is 16.2. The highest BCUT2D eigenvalue weighted by Crippen LogP contribution is 2.21. The first-order chi connectivity index (χ1) is 11.5. The molecule has 0 saturated carbocycles. The Bertz CT molecular complexity index is 766. The summed E-state index contributed by atoms with van der Waals surface area (Å²) in [5.74, 6) is 0.122. The van der Waals surface area contributed by atoms with Crippen LogP contribution in [0.5, 0.6) is 0 Å². The Morgan fingerprint density at radius 3 is 2.50 bits per heavy atom. The zero-order valence-corrected chi connectivity index (χ0v) is 14.1. The average Bonchev–Trinajstić information content (AvgIpc) is 2.99. The molecule has 0 unspecified atom stereocenters. The fourth-order valence-corrected chi connectivity index (χ4v) is 3.06. The minimum absolute atomic E-state index is 0.0636. The summed E-state index contributed by atoms with van der Waals surface area (Å²) >= 11 is 0. The minimum Gasteiger partial charge on any atom is -0.348 e. The van der Waals surface area contributed by atoms with Crippen LogP contribution in [0.15, 0.2) is 42.5 Å². The second kappa shape index (κ2) is 6.87. The van der Waals surface area contributed by atoms with E-state index < -0.39 is 0 Å². The highest BCUT2D eigenvalue weighted by Gasteiger charge is 2.21. The summed E-state index contributed by atoms with van der Waals surface area (Å²) in [4.78, 5) is 25.9. The molecule has 0 radical (unpaired) electrons. The highest BCUT2D eigenvalue weighted by molar-refractivity contribution is 5.96. The SMILES string of the molecule is Cc1ccc(C(=O)NCc2ccc(N3CCCC3=O)cc2)c(C)c1. The van der Waals surface area contributed by atoms with Crippen molar-refractivity contribution in [3.8, 4) is 0 Å². The molecule has 1 aliphatic heterocycles. The molecule has 1 fully saturated rings. The van der Waals surface area contributed by atoms with Crippen LogP contribution < -0.4 is 10.2 Å². The minimum atomic E-state index is -0.0636. The summed E-state index contributed by atoms with van der Waals surface area (Å²) in [5, 5.41) is 2.95. The Balaban J connectivity index is 1.62. The third-order valence-corrected chi connectivity index (χ3v) is 4.40. The summed E-state index contributed by atoms with van der Waals surface area (Å²) in [6.07, 6.45) is 1.56. The van der Waals surface area contributed by atoms with Crippen molar-refractivity contribution in [1.82, 2.24) is 5.32 Å². The molecule has 2 aromatic carbocycles. The van der Waals surface area contributed by atoms with E-state index in [1.54, 1.807) is 0 Å². The molecule has 0 spiro atoms. The molecule has 0 aliphatic carbocycles. The van der Waals surface area contributed by atoms with Crippen molar-refractivity contribution in [2.45, 2.75) is 33.2 Å². The van der Waals surface area contributed by atoms with E-state index in [0.29, 0.717) is 18.5 Å². The molecule has 0 aromatic heterocycles. The number of carbonyl (C=O) groups excluding carboxylic acids is 2. The number of amides is 2. The van der Waals surface area contributed by atoms with E-state index in [1.165, 1.54) is 0 Å². The number of anilines is 1. The van der Waals surface area contributed by atoms with E-state index in [9.17, 15) is 9.59 Å². The van der Waals surface area contributed by atoms with Crippen molar-refractivity contribution >= 4 is 17.5 Å². The normalized spacial score (nSPS) is 14.1. The third kappa shape index (κ3) is 3.48. The van der Waals surface area contributed by atoms with Crippen molar-refractivity contribution in [3.05, 3.63) is 64.7 Å². The predicted octanol–water partition coefficient (Wildman–Crippen LogP) is 3.36. The molecular weight excluding hydrogens is 300 g/mol. The van der Waals surface area contributed by atoms with Gasteiger partial charge >= 0.3 is 0 Å². The molecule has 124 valence electrons. The van der Waals surface area contributed by atoms with Gasteiger partial charge in [-0.25, -0.2) is 0 Å². The van der Waals surface area contributed by atoms with Crippen LogP contribution in [0.3, 0.4) is 0 Å². The number of hydrogen-bond acceptors (Lipinski definition) is 2. The van der Waals surface area contributed by atoms with Gasteiger partial charge in [-0.1, -0.05) is 29.8 Å². The first-order valence-electron chi connectivity index (χ1n) is 8.29. The number of nitrogens with zero attached hydrogens (tertiary/aromatic N) is 1. The van der Waals surface area contributed by atoms with Gasteiger partial charge in [0.15, 0.2) is 0 Å². The molecule has 4 heteroatoms. The quantitative estimate of drug-likeness (QED) is 0.938. The van der Waals surface area contributed by atoms with Crippen LogP contribution in [0.25, 0.3) is 0 Å². The Kier molecular flexibility index (Phi) is 4.65. The van der Waals surface area contributed by atoms with E-state index in [2.05, 4.69) is 5.32 Å². The van der Waals surface area contributed by atoms with Crippen LogP contribution in [0.2, 0.25) is 0 Å². The van der Waals surface area contributed by atoms with Crippen LogP contribution in [-0.4, -0.2) is 18.4 Å². The largest absolute Gasteiger partial charge is 0.348 e. The maximum atomic E-state index is 12.3. The molecule has 1 saturated heterocycles. The molecule has 2 amide bonds. The molecular formula is C20H22N2O2. The van der Waals surface area contributed by atoms with Crippen molar-refractivity contribution in [1.29, 1.82) is 0 Å². The second-order valence-corrected chi connectivity index (χ2v) is 6.32. The standard InChI is InChI=1S/C20H22N2O2/c1-14-5-10-18(15(2)12-14)20(24)21-13-16-6-8-17(9-7-16)22-11-3-4-19(22)23/h5-10,12H,3-4,11,13H2,1-2H3,(H,21,24). The van der Waals surface area contributed by atoms with E-state index in [4.69, 9.17) is 0 Å². The third-order valence-electron chi connectivity index (χ3n) is 4.40. The lowest BCUT2D eigenvalue weighted by atomic mass is 10.1. The number of carbonyl (C=O) groups is 2. The summed E-state index contributed by atoms with van der Waals surface area (Å²) in [5.41, 5.74) is 4.79. The first-order valence-corrected chi connectivity index (χ1v) is 8.29. The van der Waals surface area contributed by atoms with Gasteiger partial charge in [0.25, 0.3) is 5.91 Å².